The van der Waals surface area contributed by atoms with Crippen molar-refractivity contribution in [3.63, 3.8) is 0 Å². The van der Waals surface area contributed by atoms with Crippen molar-refractivity contribution < 1.29 is 14.0 Å². The average molecular weight is 239 g/mol. The third-order valence-corrected chi connectivity index (χ3v) is 3.14. The number of ether oxygens (including phenoxy) is 1. The molecule has 0 saturated carbocycles. The van der Waals surface area contributed by atoms with Crippen LogP contribution in [-0.4, -0.2) is 13.2 Å². The first-order chi connectivity index (χ1) is 8.19. The summed E-state index contributed by atoms with van der Waals surface area (Å²) in [5, 5.41) is 0. The van der Waals surface area contributed by atoms with E-state index < -0.39 is 0 Å². The van der Waals surface area contributed by atoms with E-state index in [1.54, 1.807) is 13.2 Å². The lowest BCUT2D eigenvalue weighted by molar-refractivity contribution is 0.0263. The number of rotatable bonds is 4. The molecule has 0 radical (unpaired) electrons. The van der Waals surface area contributed by atoms with Crippen LogP contribution in [0, 0.1) is 12.7 Å². The second-order valence-electron chi connectivity index (χ2n) is 4.35. The molecule has 4 heteroatoms. The lowest BCUT2D eigenvalue weighted by Gasteiger charge is -2.19. The number of aryl methyl sites for hydroxylation is 1. The summed E-state index contributed by atoms with van der Waals surface area (Å²) < 4.78 is 19.4. The van der Waals surface area contributed by atoms with E-state index in [-0.39, 0.29) is 18.0 Å². The normalized spacial score (nSPS) is 22.4. The van der Waals surface area contributed by atoms with Gasteiger partial charge in [0.05, 0.1) is 13.2 Å². The first-order valence-electron chi connectivity index (χ1n) is 5.93. The van der Waals surface area contributed by atoms with Crippen LogP contribution in [0.5, 0.6) is 5.75 Å². The Hall–Kier alpha value is -1.13. The van der Waals surface area contributed by atoms with Crippen molar-refractivity contribution in [1.82, 2.24) is 5.48 Å². The smallest absolute Gasteiger partial charge is 0.165 e. The Morgan fingerprint density at radius 1 is 1.47 bits per heavy atom. The average Bonchev–Trinajstić information content (AvgIpc) is 2.66. The van der Waals surface area contributed by atoms with Crippen LogP contribution in [0.2, 0.25) is 0 Å². The SMILES string of the molecule is CCCC1Oc2c(F)ccc(C)c2C1NOC. The lowest BCUT2D eigenvalue weighted by Crippen LogP contribution is -2.30. The van der Waals surface area contributed by atoms with E-state index in [2.05, 4.69) is 12.4 Å². The fraction of sp³-hybridized carbons (Fsp3) is 0.538. The molecule has 3 nitrogen and oxygen atoms in total. The second-order valence-corrected chi connectivity index (χ2v) is 4.35. The molecule has 1 aliphatic heterocycles. The van der Waals surface area contributed by atoms with Crippen molar-refractivity contribution in [3.05, 3.63) is 29.1 Å². The molecule has 1 heterocycles. The topological polar surface area (TPSA) is 30.5 Å². The van der Waals surface area contributed by atoms with Crippen molar-refractivity contribution in [2.45, 2.75) is 38.8 Å². The Balaban J connectivity index is 2.39. The first-order valence-corrected chi connectivity index (χ1v) is 5.93. The van der Waals surface area contributed by atoms with Gasteiger partial charge < -0.3 is 9.57 Å². The Morgan fingerprint density at radius 3 is 2.88 bits per heavy atom. The predicted molar refractivity (Wildman–Crippen MR) is 63.3 cm³/mol. The molecule has 0 spiro atoms. The van der Waals surface area contributed by atoms with Gasteiger partial charge in [0.15, 0.2) is 11.6 Å². The van der Waals surface area contributed by atoms with Gasteiger partial charge in [-0.3, -0.25) is 0 Å². The van der Waals surface area contributed by atoms with Crippen LogP contribution in [-0.2, 0) is 4.84 Å². The Kier molecular flexibility index (Phi) is 3.64. The number of hydroxylamine groups is 1. The minimum atomic E-state index is -0.299. The molecule has 1 N–H and O–H groups in total. The van der Waals surface area contributed by atoms with Gasteiger partial charge in [0.2, 0.25) is 0 Å². The molecule has 17 heavy (non-hydrogen) atoms. The van der Waals surface area contributed by atoms with Crippen molar-refractivity contribution in [1.29, 1.82) is 0 Å². The van der Waals surface area contributed by atoms with Gasteiger partial charge >= 0.3 is 0 Å². The summed E-state index contributed by atoms with van der Waals surface area (Å²) in [7, 11) is 1.57. The van der Waals surface area contributed by atoms with Crippen LogP contribution in [0.25, 0.3) is 0 Å². The van der Waals surface area contributed by atoms with Gasteiger partial charge in [0.25, 0.3) is 0 Å². The number of nitrogens with one attached hydrogen (secondary N) is 1. The van der Waals surface area contributed by atoms with Gasteiger partial charge in [-0.05, 0) is 25.0 Å². The zero-order valence-corrected chi connectivity index (χ0v) is 10.4. The highest BCUT2D eigenvalue weighted by atomic mass is 19.1. The highest BCUT2D eigenvalue weighted by Crippen LogP contribution is 2.42. The van der Waals surface area contributed by atoms with E-state index in [1.807, 2.05) is 6.92 Å². The molecule has 1 aromatic carbocycles. The molecule has 0 amide bonds. The Morgan fingerprint density at radius 2 is 2.24 bits per heavy atom. The third kappa shape index (κ3) is 2.15. The van der Waals surface area contributed by atoms with E-state index in [0.717, 1.165) is 24.0 Å². The minimum absolute atomic E-state index is 0.0643. The molecule has 1 aliphatic rings. The zero-order chi connectivity index (χ0) is 12.4. The largest absolute Gasteiger partial charge is 0.485 e. The highest BCUT2D eigenvalue weighted by molar-refractivity contribution is 5.46. The van der Waals surface area contributed by atoms with E-state index in [1.165, 1.54) is 6.07 Å². The predicted octanol–water partition coefficient (Wildman–Crippen LogP) is 2.89. The molecule has 0 aliphatic carbocycles. The van der Waals surface area contributed by atoms with Crippen LogP contribution in [0.4, 0.5) is 4.39 Å². The maximum absolute atomic E-state index is 13.7. The monoisotopic (exact) mass is 239 g/mol. The molecule has 0 aromatic heterocycles. The van der Waals surface area contributed by atoms with E-state index in [4.69, 9.17) is 9.57 Å². The van der Waals surface area contributed by atoms with E-state index in [0.29, 0.717) is 5.75 Å². The van der Waals surface area contributed by atoms with Crippen LogP contribution >= 0.6 is 0 Å². The van der Waals surface area contributed by atoms with Crippen LogP contribution in [0.3, 0.4) is 0 Å². The van der Waals surface area contributed by atoms with E-state index in [9.17, 15) is 4.39 Å². The van der Waals surface area contributed by atoms with Gasteiger partial charge in [-0.1, -0.05) is 19.4 Å². The fourth-order valence-electron chi connectivity index (χ4n) is 2.35. The van der Waals surface area contributed by atoms with Crippen molar-refractivity contribution in [2.75, 3.05) is 7.11 Å². The summed E-state index contributed by atoms with van der Waals surface area (Å²) in [5.74, 6) is 0.0742. The van der Waals surface area contributed by atoms with E-state index >= 15 is 0 Å². The van der Waals surface area contributed by atoms with Crippen LogP contribution < -0.4 is 10.2 Å². The summed E-state index contributed by atoms with van der Waals surface area (Å²) in [6.45, 7) is 4.04. The molecule has 2 rings (SSSR count). The molecule has 0 fully saturated rings. The van der Waals surface area contributed by atoms with Gasteiger partial charge in [-0.2, -0.15) is 5.48 Å². The summed E-state index contributed by atoms with van der Waals surface area (Å²) in [4.78, 5) is 5.00. The van der Waals surface area contributed by atoms with Gasteiger partial charge in [0, 0.05) is 5.56 Å². The molecule has 94 valence electrons. The van der Waals surface area contributed by atoms with Crippen LogP contribution in [0.1, 0.15) is 36.9 Å². The quantitative estimate of drug-likeness (QED) is 0.819. The summed E-state index contributed by atoms with van der Waals surface area (Å²) in [6.07, 6.45) is 1.79. The first kappa shape index (κ1) is 12.3. The van der Waals surface area contributed by atoms with Crippen molar-refractivity contribution >= 4 is 0 Å². The Labute approximate surface area is 101 Å². The zero-order valence-electron chi connectivity index (χ0n) is 10.4. The summed E-state index contributed by atoms with van der Waals surface area (Å²) >= 11 is 0. The van der Waals surface area contributed by atoms with Crippen molar-refractivity contribution in [3.8, 4) is 5.75 Å². The lowest BCUT2D eigenvalue weighted by atomic mass is 9.97. The fourth-order valence-corrected chi connectivity index (χ4v) is 2.35. The Bertz CT molecular complexity index is 409. The van der Waals surface area contributed by atoms with Crippen LogP contribution in [0.15, 0.2) is 12.1 Å². The number of benzene rings is 1. The molecule has 0 bridgehead atoms. The molecular formula is C13H18FNO2. The molecule has 2 atom stereocenters. The maximum atomic E-state index is 13.7. The molecular weight excluding hydrogens is 221 g/mol. The number of fused-ring (bicyclic) bond motifs is 1. The highest BCUT2D eigenvalue weighted by Gasteiger charge is 2.37. The molecule has 1 aromatic rings. The number of halogens is 1. The number of hydrogen-bond donors (Lipinski definition) is 1. The van der Waals surface area contributed by atoms with Gasteiger partial charge in [0.1, 0.15) is 6.10 Å². The summed E-state index contributed by atoms with van der Waals surface area (Å²) in [5.41, 5.74) is 4.81. The maximum Gasteiger partial charge on any atom is 0.165 e. The van der Waals surface area contributed by atoms with Gasteiger partial charge in [-0.25, -0.2) is 4.39 Å². The third-order valence-electron chi connectivity index (χ3n) is 3.14. The van der Waals surface area contributed by atoms with Crippen molar-refractivity contribution in [2.24, 2.45) is 0 Å². The van der Waals surface area contributed by atoms with Gasteiger partial charge in [-0.15, -0.1) is 0 Å². The molecule has 2 unspecified atom stereocenters. The second kappa shape index (κ2) is 5.02. The number of hydrogen-bond acceptors (Lipinski definition) is 3. The molecule has 0 saturated heterocycles. The standard InChI is InChI=1S/C13H18FNO2/c1-4-5-10-12(15-16-3)11-8(2)6-7-9(14)13(11)17-10/h6-7,10,12,15H,4-5H2,1-3H3. The summed E-state index contributed by atoms with van der Waals surface area (Å²) in [6, 6.07) is 3.13. The minimum Gasteiger partial charge on any atom is -0.485 e.